The molecule has 4 aromatic heterocycles. The van der Waals surface area contributed by atoms with Crippen molar-refractivity contribution in [1.82, 2.24) is 15.0 Å². The first-order chi connectivity index (χ1) is 22.9. The van der Waals surface area contributed by atoms with E-state index >= 15 is 0 Å². The van der Waals surface area contributed by atoms with Gasteiger partial charge in [0.1, 0.15) is 0 Å². The van der Waals surface area contributed by atoms with Crippen LogP contribution in [0.1, 0.15) is 52.8 Å². The molecule has 0 aliphatic heterocycles. The van der Waals surface area contributed by atoms with Gasteiger partial charge in [0, 0.05) is 47.7 Å². The van der Waals surface area contributed by atoms with E-state index in [0.29, 0.717) is 11.3 Å². The van der Waals surface area contributed by atoms with Crippen molar-refractivity contribution in [2.75, 3.05) is 0 Å². The summed E-state index contributed by atoms with van der Waals surface area (Å²) < 4.78 is 29.0. The van der Waals surface area contributed by atoms with Crippen LogP contribution in [0.3, 0.4) is 0 Å². The quantitative estimate of drug-likeness (QED) is 0.163. The smallest absolute Gasteiger partial charge is 0.216 e. The zero-order valence-electron chi connectivity index (χ0n) is 29.4. The van der Waals surface area contributed by atoms with E-state index in [4.69, 9.17) is 8.53 Å². The maximum absolute atomic E-state index is 7.64. The Bertz CT molecular complexity index is 2150. The van der Waals surface area contributed by atoms with Gasteiger partial charge in [-0.3, -0.25) is 0 Å². The van der Waals surface area contributed by atoms with Gasteiger partial charge in [-0.05, 0) is 83.9 Å². The molecule has 0 bridgehead atoms. The molecule has 0 unspecified atom stereocenters. The van der Waals surface area contributed by atoms with Gasteiger partial charge in [-0.15, -0.1) is 54.1 Å². The van der Waals surface area contributed by atoms with Gasteiger partial charge in [-0.1, -0.05) is 74.2 Å². The predicted octanol–water partition coefficient (Wildman–Crippen LogP) is 10.2. The molecular formula is C41H37IrN3O-2. The van der Waals surface area contributed by atoms with Crippen LogP contribution in [-0.2, 0) is 32.9 Å². The summed E-state index contributed by atoms with van der Waals surface area (Å²) in [6.07, 6.45) is 5.52. The van der Waals surface area contributed by atoms with E-state index in [1.165, 1.54) is 22.8 Å². The van der Waals surface area contributed by atoms with Gasteiger partial charge in [0.25, 0.3) is 0 Å². The Balaban J connectivity index is 0.000000280. The molecule has 0 fully saturated rings. The molecule has 0 N–H and O–H groups in total. The van der Waals surface area contributed by atoms with E-state index in [1.54, 1.807) is 12.3 Å². The van der Waals surface area contributed by atoms with Crippen LogP contribution in [0.15, 0.2) is 114 Å². The maximum Gasteiger partial charge on any atom is 0.216 e. The number of nitrogens with zero attached hydrogens (tertiary/aromatic N) is 3. The number of hydrogen-bond acceptors (Lipinski definition) is 4. The van der Waals surface area contributed by atoms with Crippen molar-refractivity contribution in [3.63, 3.8) is 0 Å². The summed E-state index contributed by atoms with van der Waals surface area (Å²) >= 11 is 0. The largest absolute Gasteiger partial charge is 0.486 e. The molecule has 1 radical (unpaired) electrons. The fourth-order valence-electron chi connectivity index (χ4n) is 5.34. The first kappa shape index (κ1) is 29.0. The molecule has 4 heterocycles. The summed E-state index contributed by atoms with van der Waals surface area (Å²) in [6, 6.07) is 38.3. The van der Waals surface area contributed by atoms with Crippen LogP contribution in [-0.4, -0.2) is 15.0 Å². The third kappa shape index (κ3) is 8.03. The first-order valence-electron chi connectivity index (χ1n) is 16.6. The second kappa shape index (κ2) is 14.3. The van der Waals surface area contributed by atoms with E-state index in [9.17, 15) is 0 Å². The van der Waals surface area contributed by atoms with Crippen LogP contribution in [0, 0.1) is 31.3 Å². The molecule has 0 aliphatic carbocycles. The van der Waals surface area contributed by atoms with E-state index in [2.05, 4.69) is 84.3 Å². The number of hydrogen-bond donors (Lipinski definition) is 0. The number of furan rings is 1. The molecule has 0 spiro atoms. The van der Waals surface area contributed by atoms with Crippen LogP contribution >= 0.6 is 0 Å². The summed E-state index contributed by atoms with van der Waals surface area (Å²) in [4.78, 5) is 13.2. The van der Waals surface area contributed by atoms with Crippen molar-refractivity contribution in [3.8, 4) is 22.5 Å². The van der Waals surface area contributed by atoms with Gasteiger partial charge in [0.15, 0.2) is 0 Å². The molecule has 3 aromatic carbocycles. The predicted molar refractivity (Wildman–Crippen MR) is 184 cm³/mol. The molecule has 4 nitrogen and oxygen atoms in total. The summed E-state index contributed by atoms with van der Waals surface area (Å²) in [5.74, 6) is 0. The van der Waals surface area contributed by atoms with Gasteiger partial charge < -0.3 is 14.4 Å². The average molecular weight is 783 g/mol. The van der Waals surface area contributed by atoms with E-state index in [1.807, 2.05) is 61.7 Å². The standard InChI is InChI=1S/C29H27N2O.C12H10N.Ir/c1-19-8-13-24-23-6-5-7-25(27(23)32-28(24)31-19)26-17-22(14-15-30-26)16-20-9-11-21(12-10-20)18-29(2,3)4;1-10-7-8-12(13-9-10)11-5-3-2-4-6-11;/h5-6,8-15,17H,16,18H2,1-4H3;2-5,7-9H,1H3;/q2*-1;/i1D3;;. The third-order valence-electron chi connectivity index (χ3n) is 7.44. The number of aryl methyl sites for hydroxylation is 2. The Labute approximate surface area is 289 Å². The number of pyridine rings is 3. The molecule has 7 aromatic rings. The first-order valence-corrected chi connectivity index (χ1v) is 15.1. The molecule has 0 aliphatic rings. The van der Waals surface area contributed by atoms with Gasteiger partial charge in [-0.25, -0.2) is 4.98 Å². The van der Waals surface area contributed by atoms with Crippen LogP contribution in [0.25, 0.3) is 44.6 Å². The van der Waals surface area contributed by atoms with E-state index in [0.717, 1.165) is 51.7 Å². The minimum atomic E-state index is -2.29. The number of rotatable bonds is 5. The summed E-state index contributed by atoms with van der Waals surface area (Å²) in [6.45, 7) is 6.50. The summed E-state index contributed by atoms with van der Waals surface area (Å²) in [5, 5.41) is 1.63. The third-order valence-corrected chi connectivity index (χ3v) is 7.44. The molecule has 7 rings (SSSR count). The number of fused-ring (bicyclic) bond motifs is 3. The number of aromatic nitrogens is 3. The Morgan fingerprint density at radius 3 is 2.33 bits per heavy atom. The van der Waals surface area contributed by atoms with Crippen molar-refractivity contribution >= 4 is 22.1 Å². The van der Waals surface area contributed by atoms with E-state index < -0.39 is 6.85 Å². The second-order valence-electron chi connectivity index (χ2n) is 12.5. The molecule has 46 heavy (non-hydrogen) atoms. The van der Waals surface area contributed by atoms with Crippen molar-refractivity contribution in [1.29, 1.82) is 0 Å². The van der Waals surface area contributed by atoms with Crippen LogP contribution in [0.2, 0.25) is 0 Å². The Morgan fingerprint density at radius 1 is 0.783 bits per heavy atom. The molecule has 0 atom stereocenters. The van der Waals surface area contributed by atoms with E-state index in [-0.39, 0.29) is 31.2 Å². The van der Waals surface area contributed by atoms with Crippen LogP contribution in [0.4, 0.5) is 0 Å². The van der Waals surface area contributed by atoms with Gasteiger partial charge in [0.05, 0.1) is 5.58 Å². The van der Waals surface area contributed by atoms with Crippen molar-refractivity contribution in [2.24, 2.45) is 5.41 Å². The minimum absolute atomic E-state index is 0. The molecule has 0 saturated heterocycles. The monoisotopic (exact) mass is 783 g/mol. The molecule has 233 valence electrons. The Kier molecular flexibility index (Phi) is 9.03. The minimum Gasteiger partial charge on any atom is -0.486 e. The Hall–Kier alpha value is -4.44. The Morgan fingerprint density at radius 2 is 1.61 bits per heavy atom. The fourth-order valence-corrected chi connectivity index (χ4v) is 5.34. The zero-order valence-corrected chi connectivity index (χ0v) is 28.8. The van der Waals surface area contributed by atoms with Crippen molar-refractivity contribution in [2.45, 2.75) is 47.4 Å². The summed E-state index contributed by atoms with van der Waals surface area (Å²) in [5.41, 5.74) is 9.62. The molecule has 0 saturated carbocycles. The van der Waals surface area contributed by atoms with Gasteiger partial charge in [-0.2, -0.15) is 0 Å². The average Bonchev–Trinajstić information content (AvgIpc) is 3.44. The normalized spacial score (nSPS) is 12.4. The van der Waals surface area contributed by atoms with Gasteiger partial charge in [0.2, 0.25) is 5.71 Å². The SMILES string of the molecule is Cc1ccc(-c2[c-]cccc2)nc1.[2H]C([2H])([2H])c1ccc2c(n1)oc1c(-c3cc(Cc4ccc(CC(C)(C)C)cc4)ccn3)[c-]ccc12.[Ir]. The van der Waals surface area contributed by atoms with Crippen molar-refractivity contribution in [3.05, 3.63) is 150 Å². The number of benzene rings is 3. The maximum atomic E-state index is 7.64. The topological polar surface area (TPSA) is 51.8 Å². The zero-order chi connectivity index (χ0) is 33.9. The fraction of sp³-hybridized carbons (Fsp3) is 0.195. The second-order valence-corrected chi connectivity index (χ2v) is 12.5. The van der Waals surface area contributed by atoms with Crippen molar-refractivity contribution < 1.29 is 28.6 Å². The van der Waals surface area contributed by atoms with Crippen LogP contribution in [0.5, 0.6) is 0 Å². The molecular weight excluding hydrogens is 743 g/mol. The van der Waals surface area contributed by atoms with Crippen LogP contribution < -0.4 is 0 Å². The molecule has 5 heteroatoms. The molecule has 0 amide bonds. The summed E-state index contributed by atoms with van der Waals surface area (Å²) in [7, 11) is 0. The van der Waals surface area contributed by atoms with Gasteiger partial charge >= 0.3 is 0 Å².